The van der Waals surface area contributed by atoms with Gasteiger partial charge in [0.15, 0.2) is 11.6 Å². The van der Waals surface area contributed by atoms with E-state index in [0.717, 1.165) is 46.4 Å². The Hall–Kier alpha value is -3.64. The van der Waals surface area contributed by atoms with Gasteiger partial charge < -0.3 is 9.32 Å². The van der Waals surface area contributed by atoms with Crippen molar-refractivity contribution < 1.29 is 9.21 Å². The Morgan fingerprint density at radius 2 is 1.76 bits per heavy atom. The number of nitrogens with zero attached hydrogens (tertiary/aromatic N) is 3. The fourth-order valence-electron chi connectivity index (χ4n) is 4.12. The fraction of sp³-hybridized carbons (Fsp3) is 0.179. The first kappa shape index (κ1) is 20.9. The van der Waals surface area contributed by atoms with Gasteiger partial charge in [-0.1, -0.05) is 60.3 Å². The lowest BCUT2D eigenvalue weighted by Gasteiger charge is -2.20. The van der Waals surface area contributed by atoms with Crippen molar-refractivity contribution in [1.29, 1.82) is 0 Å². The molecule has 0 aliphatic heterocycles. The minimum Gasteiger partial charge on any atom is -0.454 e. The molecule has 6 rings (SSSR count). The van der Waals surface area contributed by atoms with E-state index >= 15 is 0 Å². The second-order valence-corrected chi connectivity index (χ2v) is 9.60. The van der Waals surface area contributed by atoms with Crippen molar-refractivity contribution in [2.75, 3.05) is 11.9 Å². The average Bonchev–Trinajstić information content (AvgIpc) is 3.64. The zero-order chi connectivity index (χ0) is 23.1. The third kappa shape index (κ3) is 4.05. The molecule has 0 unspecified atom stereocenters. The van der Waals surface area contributed by atoms with Crippen LogP contribution in [0, 0.1) is 0 Å². The molecule has 2 aromatic heterocycles. The number of hydrogen-bond donors (Lipinski definition) is 0. The Balaban J connectivity index is 1.37. The number of carbonyl (C=O) groups excluding carboxylic acids is 1. The summed E-state index contributed by atoms with van der Waals surface area (Å²) in [6, 6.07) is 26.0. The minimum atomic E-state index is 0.0333. The lowest BCUT2D eigenvalue weighted by Crippen LogP contribution is -2.22. The summed E-state index contributed by atoms with van der Waals surface area (Å²) in [6.45, 7) is 0. The Morgan fingerprint density at radius 1 is 0.971 bits per heavy atom. The van der Waals surface area contributed by atoms with E-state index in [0.29, 0.717) is 28.6 Å². The number of thioether (sulfide) groups is 1. The number of para-hydroxylation sites is 1. The normalized spacial score (nSPS) is 13.4. The van der Waals surface area contributed by atoms with Crippen molar-refractivity contribution in [1.82, 2.24) is 9.97 Å². The number of fused-ring (bicyclic) bond motifs is 2. The molecule has 0 atom stereocenters. The van der Waals surface area contributed by atoms with Gasteiger partial charge in [0.2, 0.25) is 5.12 Å². The zero-order valence-electron chi connectivity index (χ0n) is 18.8. The van der Waals surface area contributed by atoms with Crippen LogP contribution in [-0.2, 0) is 5.75 Å². The lowest BCUT2D eigenvalue weighted by atomic mass is 10.2. The van der Waals surface area contributed by atoms with Gasteiger partial charge in [0.25, 0.3) is 0 Å². The smallest absolute Gasteiger partial charge is 0.219 e. The lowest BCUT2D eigenvalue weighted by molar-refractivity contribution is 0.108. The molecule has 0 saturated heterocycles. The fourth-order valence-corrected chi connectivity index (χ4v) is 4.91. The molecule has 1 aliphatic carbocycles. The summed E-state index contributed by atoms with van der Waals surface area (Å²) in [5, 5.41) is 1.07. The summed E-state index contributed by atoms with van der Waals surface area (Å²) in [4.78, 5) is 25.0. The highest BCUT2D eigenvalue weighted by molar-refractivity contribution is 8.13. The standard InChI is InChI=1S/C28H23N3O2S/c1-31(21-12-13-21)27-26(25-16-19-9-5-6-10-24(19)33-25)29-22-14-11-20(15-23(22)30-27)28(32)34-17-18-7-3-2-4-8-18/h2-11,14-16,21H,12-13,17H2,1H3. The molecule has 34 heavy (non-hydrogen) atoms. The van der Waals surface area contributed by atoms with Crippen LogP contribution in [0.1, 0.15) is 28.8 Å². The van der Waals surface area contributed by atoms with E-state index in [9.17, 15) is 4.79 Å². The molecule has 0 radical (unpaired) electrons. The number of aromatic nitrogens is 2. The molecule has 2 heterocycles. The summed E-state index contributed by atoms with van der Waals surface area (Å²) in [5.74, 6) is 2.14. The van der Waals surface area contributed by atoms with Crippen LogP contribution >= 0.6 is 11.8 Å². The van der Waals surface area contributed by atoms with Crippen LogP contribution in [0.15, 0.2) is 83.3 Å². The van der Waals surface area contributed by atoms with Gasteiger partial charge in [0.1, 0.15) is 11.3 Å². The number of carbonyl (C=O) groups is 1. The third-order valence-corrected chi connectivity index (χ3v) is 7.16. The summed E-state index contributed by atoms with van der Waals surface area (Å²) in [6.07, 6.45) is 2.29. The van der Waals surface area contributed by atoms with E-state index in [4.69, 9.17) is 14.4 Å². The first-order chi connectivity index (χ1) is 16.7. The number of benzene rings is 3. The molecule has 3 aromatic carbocycles. The number of rotatable bonds is 6. The SMILES string of the molecule is CN(c1nc2cc(C(=O)SCc3ccccc3)ccc2nc1-c1cc2ccccc2o1)C1CC1. The van der Waals surface area contributed by atoms with Crippen LogP contribution in [-0.4, -0.2) is 28.2 Å². The van der Waals surface area contributed by atoms with E-state index in [2.05, 4.69) is 11.9 Å². The second-order valence-electron chi connectivity index (χ2n) is 8.65. The summed E-state index contributed by atoms with van der Waals surface area (Å²) in [7, 11) is 2.06. The maximum absolute atomic E-state index is 12.9. The molecule has 168 valence electrons. The quantitative estimate of drug-likeness (QED) is 0.278. The largest absolute Gasteiger partial charge is 0.454 e. The van der Waals surface area contributed by atoms with Crippen molar-refractivity contribution in [3.8, 4) is 11.5 Å². The van der Waals surface area contributed by atoms with E-state index in [-0.39, 0.29) is 5.12 Å². The van der Waals surface area contributed by atoms with E-state index in [1.165, 1.54) is 11.8 Å². The number of furan rings is 1. The van der Waals surface area contributed by atoms with Crippen LogP contribution in [0.3, 0.4) is 0 Å². The van der Waals surface area contributed by atoms with Crippen molar-refractivity contribution in [3.05, 3.63) is 90.0 Å². The van der Waals surface area contributed by atoms with Crippen molar-refractivity contribution >= 4 is 44.7 Å². The van der Waals surface area contributed by atoms with E-state index in [1.807, 2.05) is 78.9 Å². The molecular weight excluding hydrogens is 442 g/mol. The second kappa shape index (κ2) is 8.61. The van der Waals surface area contributed by atoms with Crippen LogP contribution in [0.25, 0.3) is 33.5 Å². The highest BCUT2D eigenvalue weighted by atomic mass is 32.2. The van der Waals surface area contributed by atoms with E-state index in [1.54, 1.807) is 0 Å². The Kier molecular flexibility index (Phi) is 5.30. The van der Waals surface area contributed by atoms with Crippen LogP contribution in [0.5, 0.6) is 0 Å². The molecule has 1 fully saturated rings. The highest BCUT2D eigenvalue weighted by Gasteiger charge is 2.30. The number of hydrogen-bond acceptors (Lipinski definition) is 6. The molecule has 0 spiro atoms. The van der Waals surface area contributed by atoms with Gasteiger partial charge in [-0.3, -0.25) is 4.79 Å². The summed E-state index contributed by atoms with van der Waals surface area (Å²) in [5.41, 5.74) is 4.79. The summed E-state index contributed by atoms with van der Waals surface area (Å²) < 4.78 is 6.14. The van der Waals surface area contributed by atoms with Gasteiger partial charge in [-0.15, -0.1) is 0 Å². The molecule has 5 aromatic rings. The van der Waals surface area contributed by atoms with Gasteiger partial charge in [0.05, 0.1) is 11.0 Å². The third-order valence-electron chi connectivity index (χ3n) is 6.18. The molecule has 0 N–H and O–H groups in total. The maximum Gasteiger partial charge on any atom is 0.219 e. The van der Waals surface area contributed by atoms with Gasteiger partial charge >= 0.3 is 0 Å². The predicted molar refractivity (Wildman–Crippen MR) is 138 cm³/mol. The average molecular weight is 466 g/mol. The Morgan fingerprint density at radius 3 is 2.56 bits per heavy atom. The molecule has 0 bridgehead atoms. The van der Waals surface area contributed by atoms with Crippen molar-refractivity contribution in [2.24, 2.45) is 0 Å². The topological polar surface area (TPSA) is 59.2 Å². The van der Waals surface area contributed by atoms with Gasteiger partial charge in [-0.05, 0) is 48.7 Å². The zero-order valence-corrected chi connectivity index (χ0v) is 19.6. The molecule has 1 saturated carbocycles. The molecule has 0 amide bonds. The number of anilines is 1. The van der Waals surface area contributed by atoms with Crippen LogP contribution in [0.4, 0.5) is 5.82 Å². The van der Waals surface area contributed by atoms with Gasteiger partial charge in [-0.2, -0.15) is 0 Å². The monoisotopic (exact) mass is 465 g/mol. The molecule has 5 nitrogen and oxygen atoms in total. The minimum absolute atomic E-state index is 0.0333. The van der Waals surface area contributed by atoms with Gasteiger partial charge in [0, 0.05) is 29.8 Å². The Bertz CT molecular complexity index is 1480. The highest BCUT2D eigenvalue weighted by Crippen LogP contribution is 2.37. The van der Waals surface area contributed by atoms with Gasteiger partial charge in [-0.25, -0.2) is 9.97 Å². The summed E-state index contributed by atoms with van der Waals surface area (Å²) >= 11 is 1.31. The van der Waals surface area contributed by atoms with E-state index < -0.39 is 0 Å². The van der Waals surface area contributed by atoms with Crippen LogP contribution < -0.4 is 4.90 Å². The predicted octanol–water partition coefficient (Wildman–Crippen LogP) is 6.72. The van der Waals surface area contributed by atoms with Crippen LogP contribution in [0.2, 0.25) is 0 Å². The Labute approximate surface area is 201 Å². The van der Waals surface area contributed by atoms with Crippen molar-refractivity contribution in [3.63, 3.8) is 0 Å². The molecule has 6 heteroatoms. The molecule has 1 aliphatic rings. The first-order valence-corrected chi connectivity index (χ1v) is 12.4. The maximum atomic E-state index is 12.9. The first-order valence-electron chi connectivity index (χ1n) is 11.4. The van der Waals surface area contributed by atoms with Crippen molar-refractivity contribution in [2.45, 2.75) is 24.6 Å². The molecular formula is C28H23N3O2S.